The minimum Gasteiger partial charge on any atom is -0.508 e. The van der Waals surface area contributed by atoms with Crippen LogP contribution in [0.4, 0.5) is 4.39 Å². The molecule has 4 aliphatic rings. The van der Waals surface area contributed by atoms with Crippen molar-refractivity contribution in [2.24, 2.45) is 17.6 Å². The summed E-state index contributed by atoms with van der Waals surface area (Å²) < 4.78 is 15.8. The van der Waals surface area contributed by atoms with Gasteiger partial charge in [0, 0.05) is 28.7 Å². The van der Waals surface area contributed by atoms with Crippen LogP contribution in [-0.4, -0.2) is 75.1 Å². The molecule has 5 atom stereocenters. The van der Waals surface area contributed by atoms with Gasteiger partial charge in [0.15, 0.2) is 11.4 Å². The summed E-state index contributed by atoms with van der Waals surface area (Å²) in [6, 6.07) is -0.230. The average Bonchev–Trinajstić information content (AvgIpc) is 3.24. The van der Waals surface area contributed by atoms with E-state index in [2.05, 4.69) is 5.32 Å². The number of nitrogens with two attached hydrogens (primary N) is 1. The van der Waals surface area contributed by atoms with E-state index in [1.807, 2.05) is 11.9 Å². The Labute approximate surface area is 205 Å². The maximum Gasteiger partial charge on any atom is 0.255 e. The summed E-state index contributed by atoms with van der Waals surface area (Å²) in [5, 5.41) is 46.8. The normalized spacial score (nSPS) is 32.4. The molecular formula is C25H28FN3O7. The number of ketones is 2. The molecule has 0 spiro atoms. The summed E-state index contributed by atoms with van der Waals surface area (Å²) in [6.45, 7) is 0.776. The molecule has 1 aromatic carbocycles. The second kappa shape index (κ2) is 8.12. The van der Waals surface area contributed by atoms with Crippen LogP contribution in [0.5, 0.6) is 5.75 Å². The zero-order valence-corrected chi connectivity index (χ0v) is 19.8. The van der Waals surface area contributed by atoms with E-state index in [1.165, 1.54) is 13.1 Å². The quantitative estimate of drug-likeness (QED) is 0.323. The second-order valence-corrected chi connectivity index (χ2v) is 10.1. The molecule has 1 heterocycles. The fraction of sp³-hybridized carbons (Fsp3) is 0.480. The van der Waals surface area contributed by atoms with E-state index < -0.39 is 69.6 Å². The number of nitrogens with one attached hydrogen (secondary N) is 1. The van der Waals surface area contributed by atoms with Crippen molar-refractivity contribution in [2.45, 2.75) is 43.4 Å². The molecule has 1 unspecified atom stereocenters. The summed E-state index contributed by atoms with van der Waals surface area (Å²) in [4.78, 5) is 40.4. The van der Waals surface area contributed by atoms with Gasteiger partial charge in [-0.3, -0.25) is 19.3 Å². The fourth-order valence-electron chi connectivity index (χ4n) is 6.62. The molecule has 1 saturated heterocycles. The van der Waals surface area contributed by atoms with Crippen LogP contribution in [0.1, 0.15) is 42.0 Å². The number of hydrogen-bond acceptors (Lipinski definition) is 9. The topological polar surface area (TPSA) is 173 Å². The number of aliphatic hydroxyl groups is 3. The van der Waals surface area contributed by atoms with Crippen molar-refractivity contribution in [3.8, 4) is 5.75 Å². The highest BCUT2D eigenvalue weighted by Gasteiger charge is 2.63. The molecule has 0 radical (unpaired) electrons. The van der Waals surface area contributed by atoms with Gasteiger partial charge in [-0.05, 0) is 58.3 Å². The molecule has 1 aromatic rings. The van der Waals surface area contributed by atoms with Crippen LogP contribution >= 0.6 is 0 Å². The Morgan fingerprint density at radius 2 is 1.97 bits per heavy atom. The third-order valence-electron chi connectivity index (χ3n) is 8.35. The van der Waals surface area contributed by atoms with Gasteiger partial charge < -0.3 is 31.5 Å². The lowest BCUT2D eigenvalue weighted by Crippen LogP contribution is -2.65. The van der Waals surface area contributed by atoms with Crippen LogP contribution in [0, 0.1) is 17.7 Å². The first kappa shape index (κ1) is 24.4. The third-order valence-corrected chi connectivity index (χ3v) is 8.35. The highest BCUT2D eigenvalue weighted by atomic mass is 19.1. The van der Waals surface area contributed by atoms with Crippen LogP contribution in [0.2, 0.25) is 0 Å². The van der Waals surface area contributed by atoms with Gasteiger partial charge in [0.1, 0.15) is 28.7 Å². The number of hydrogen-bond donors (Lipinski definition) is 6. The SMILES string of the molecule is CN[C@@H]1C(=O)C(C(N)=O)=C(O)[C@@]2(O)C(=O)C3=C(O)c4c(O)cc(C5CCCN5C)c(F)c4C[C@H]3C[C@@H]12. The number of rotatable bonds is 3. The Hall–Kier alpha value is -3.28. The highest BCUT2D eigenvalue weighted by Crippen LogP contribution is 2.53. The molecule has 36 heavy (non-hydrogen) atoms. The Morgan fingerprint density at radius 3 is 2.56 bits per heavy atom. The number of fused-ring (bicyclic) bond motifs is 3. The number of benzene rings is 1. The largest absolute Gasteiger partial charge is 0.508 e. The van der Waals surface area contributed by atoms with Crippen molar-refractivity contribution in [3.63, 3.8) is 0 Å². The van der Waals surface area contributed by atoms with Crippen molar-refractivity contribution >= 4 is 23.2 Å². The van der Waals surface area contributed by atoms with Gasteiger partial charge in [0.2, 0.25) is 5.78 Å². The molecule has 11 heteroatoms. The Balaban J connectivity index is 1.69. The minimum absolute atomic E-state index is 0.0514. The zero-order valence-electron chi connectivity index (χ0n) is 19.8. The van der Waals surface area contributed by atoms with E-state index in [0.29, 0.717) is 12.0 Å². The molecule has 1 amide bonds. The van der Waals surface area contributed by atoms with Gasteiger partial charge >= 0.3 is 0 Å². The summed E-state index contributed by atoms with van der Waals surface area (Å²) >= 11 is 0. The van der Waals surface area contributed by atoms with Crippen molar-refractivity contribution in [2.75, 3.05) is 20.6 Å². The highest BCUT2D eigenvalue weighted by molar-refractivity contribution is 6.24. The van der Waals surface area contributed by atoms with Crippen LogP contribution < -0.4 is 11.1 Å². The molecule has 10 nitrogen and oxygen atoms in total. The summed E-state index contributed by atoms with van der Waals surface area (Å²) in [6.07, 6.45) is 1.40. The molecular weight excluding hydrogens is 473 g/mol. The number of phenolic OH excluding ortho intramolecular Hbond substituents is 1. The van der Waals surface area contributed by atoms with Gasteiger partial charge in [0.05, 0.1) is 11.6 Å². The molecule has 3 aliphatic carbocycles. The van der Waals surface area contributed by atoms with Gasteiger partial charge in [-0.15, -0.1) is 0 Å². The lowest BCUT2D eigenvalue weighted by Gasteiger charge is -2.48. The second-order valence-electron chi connectivity index (χ2n) is 10.1. The predicted molar refractivity (Wildman–Crippen MR) is 124 cm³/mol. The Kier molecular flexibility index (Phi) is 5.51. The summed E-state index contributed by atoms with van der Waals surface area (Å²) in [7, 11) is 3.26. The van der Waals surface area contributed by atoms with Gasteiger partial charge in [-0.25, -0.2) is 4.39 Å². The third kappa shape index (κ3) is 3.02. The van der Waals surface area contributed by atoms with Gasteiger partial charge in [-0.2, -0.15) is 0 Å². The number of phenols is 1. The van der Waals surface area contributed by atoms with Crippen LogP contribution in [0.25, 0.3) is 5.76 Å². The Morgan fingerprint density at radius 1 is 1.28 bits per heavy atom. The number of Topliss-reactive ketones (excluding diaryl/α,β-unsaturated/α-hetero) is 2. The monoisotopic (exact) mass is 501 g/mol. The number of likely N-dealkylation sites (N-methyl/N-ethyl adjacent to an activating group) is 1. The lowest BCUT2D eigenvalue weighted by atomic mass is 9.57. The Bertz CT molecular complexity index is 1290. The molecule has 5 rings (SSSR count). The van der Waals surface area contributed by atoms with Crippen LogP contribution in [0.15, 0.2) is 23.0 Å². The number of likely N-dealkylation sites (tertiary alicyclic amines) is 1. The zero-order chi connectivity index (χ0) is 26.3. The minimum atomic E-state index is -2.72. The molecule has 2 fully saturated rings. The van der Waals surface area contributed by atoms with E-state index in [1.54, 1.807) is 0 Å². The van der Waals surface area contributed by atoms with Gasteiger partial charge in [-0.1, -0.05) is 0 Å². The number of primary amides is 1. The summed E-state index contributed by atoms with van der Waals surface area (Å²) in [5.74, 6) is -8.19. The standard InChI is InChI=1S/C25H28FN3O7/c1-28-19-12-7-9-6-11-16(14(30)8-10(18(11)26)13-4-3-5-29(13)2)20(31)15(9)22(33)25(12,36)23(34)17(21(19)32)24(27)35/h8-9,12-13,19,28,30-31,34,36H,3-7H2,1-2H3,(H2,27,35)/t9-,12-,13?,19-,25-/m0/s1. The number of halogens is 1. The van der Waals surface area contributed by atoms with Crippen molar-refractivity contribution < 1.29 is 39.2 Å². The number of carbonyl (C=O) groups excluding carboxylic acids is 3. The molecule has 1 aliphatic heterocycles. The maximum atomic E-state index is 15.8. The van der Waals surface area contributed by atoms with E-state index >= 15 is 4.39 Å². The smallest absolute Gasteiger partial charge is 0.255 e. The van der Waals surface area contributed by atoms with Crippen LogP contribution in [0.3, 0.4) is 0 Å². The lowest BCUT2D eigenvalue weighted by molar-refractivity contribution is -0.150. The maximum absolute atomic E-state index is 15.8. The van der Waals surface area contributed by atoms with E-state index in [-0.39, 0.29) is 35.6 Å². The molecule has 192 valence electrons. The average molecular weight is 502 g/mol. The molecule has 0 aromatic heterocycles. The number of nitrogens with zero attached hydrogens (tertiary/aromatic N) is 1. The van der Waals surface area contributed by atoms with Crippen molar-refractivity contribution in [1.29, 1.82) is 0 Å². The van der Waals surface area contributed by atoms with E-state index in [4.69, 9.17) is 5.73 Å². The van der Waals surface area contributed by atoms with Crippen LogP contribution in [-0.2, 0) is 20.8 Å². The number of amides is 1. The van der Waals surface area contributed by atoms with E-state index in [9.17, 15) is 34.8 Å². The van der Waals surface area contributed by atoms with Crippen molar-refractivity contribution in [1.82, 2.24) is 10.2 Å². The first-order valence-corrected chi connectivity index (χ1v) is 11.8. The first-order chi connectivity index (χ1) is 16.9. The van der Waals surface area contributed by atoms with Gasteiger partial charge in [0.25, 0.3) is 5.91 Å². The predicted octanol–water partition coefficient (Wildman–Crippen LogP) is 0.528. The molecule has 1 saturated carbocycles. The number of carbonyl (C=O) groups is 3. The number of aliphatic hydroxyl groups excluding tert-OH is 2. The summed E-state index contributed by atoms with van der Waals surface area (Å²) in [5.41, 5.74) is 1.45. The molecule has 7 N–H and O–H groups in total. The fourth-order valence-corrected chi connectivity index (χ4v) is 6.62. The number of aromatic hydroxyl groups is 1. The molecule has 0 bridgehead atoms. The first-order valence-electron chi connectivity index (χ1n) is 11.8. The van der Waals surface area contributed by atoms with E-state index in [0.717, 1.165) is 13.0 Å². The van der Waals surface area contributed by atoms with Crippen molar-refractivity contribution in [3.05, 3.63) is 45.5 Å².